The van der Waals surface area contributed by atoms with Crippen molar-refractivity contribution in [3.8, 4) is 17.2 Å². The highest BCUT2D eigenvalue weighted by atomic mass is 35.5. The van der Waals surface area contributed by atoms with Crippen LogP contribution < -0.4 is 9.47 Å². The molecule has 5 atom stereocenters. The van der Waals surface area contributed by atoms with Gasteiger partial charge in [-0.15, -0.1) is 11.6 Å². The standard InChI is InChI=1S/C21H15ClO8/c1-27-13-7-10(24)8-3-2-4-11-15(8)20(13)28-12-6-5-9(23)14-16(12)21(29-11,30-20)19(26)17(22)18(14)25/h2-6,13,17,19,23,26H,7H2,1H3/t13-,17-,19-,20-,21+/m1/s1. The molecule has 0 unspecified atom stereocenters. The molecule has 9 heteroatoms. The SMILES string of the molecule is CO[C@@H]1CC(=O)c2cccc3c2[C@@]12Oc1ccc(O)c4c1[C@](O3)(O2)[C@H](O)[C@H](Cl)C4=O. The number of ether oxygens (including phenoxy) is 4. The van der Waals surface area contributed by atoms with Gasteiger partial charge < -0.3 is 24.4 Å². The Morgan fingerprint density at radius 3 is 2.60 bits per heavy atom. The van der Waals surface area contributed by atoms with Crippen molar-refractivity contribution in [2.75, 3.05) is 7.11 Å². The summed E-state index contributed by atoms with van der Waals surface area (Å²) in [5.41, 5.74) is 0.648. The summed E-state index contributed by atoms with van der Waals surface area (Å²) in [6, 6.07) is 7.68. The minimum atomic E-state index is -1.94. The first-order valence-electron chi connectivity index (χ1n) is 9.34. The van der Waals surface area contributed by atoms with Gasteiger partial charge in [0.25, 0.3) is 11.6 Å². The van der Waals surface area contributed by atoms with Crippen molar-refractivity contribution in [1.29, 1.82) is 0 Å². The first-order chi connectivity index (χ1) is 14.3. The lowest BCUT2D eigenvalue weighted by molar-refractivity contribution is -0.405. The van der Waals surface area contributed by atoms with Crippen LogP contribution >= 0.6 is 11.6 Å². The fourth-order valence-corrected chi connectivity index (χ4v) is 5.22. The Morgan fingerprint density at radius 1 is 1.10 bits per heavy atom. The molecule has 0 saturated carbocycles. The molecule has 2 aromatic rings. The summed E-state index contributed by atoms with van der Waals surface area (Å²) in [7, 11) is 1.43. The van der Waals surface area contributed by atoms with E-state index < -0.39 is 34.9 Å². The third kappa shape index (κ3) is 1.84. The van der Waals surface area contributed by atoms with Crippen molar-refractivity contribution in [2.45, 2.75) is 35.6 Å². The number of aliphatic hydroxyl groups excluding tert-OH is 1. The topological polar surface area (TPSA) is 112 Å². The summed E-state index contributed by atoms with van der Waals surface area (Å²) in [4.78, 5) is 25.5. The third-order valence-electron chi connectivity index (χ3n) is 6.24. The molecule has 4 aliphatic rings. The Balaban J connectivity index is 1.74. The van der Waals surface area contributed by atoms with Gasteiger partial charge in [-0.25, -0.2) is 0 Å². The number of phenolic OH excluding ortho intramolecular Hbond substituents is 1. The molecule has 2 spiro atoms. The molecule has 154 valence electrons. The van der Waals surface area contributed by atoms with Crippen LogP contribution in [0.1, 0.15) is 38.3 Å². The van der Waals surface area contributed by atoms with E-state index in [0.717, 1.165) is 0 Å². The van der Waals surface area contributed by atoms with E-state index in [0.29, 0.717) is 11.1 Å². The van der Waals surface area contributed by atoms with E-state index in [4.69, 9.17) is 30.5 Å². The van der Waals surface area contributed by atoms with Gasteiger partial charge in [0, 0.05) is 19.1 Å². The van der Waals surface area contributed by atoms with E-state index in [2.05, 4.69) is 0 Å². The fourth-order valence-electron chi connectivity index (χ4n) is 4.94. The number of hydrogen-bond acceptors (Lipinski definition) is 8. The van der Waals surface area contributed by atoms with Crippen LogP contribution in [0.15, 0.2) is 30.3 Å². The Kier molecular flexibility index (Phi) is 3.34. The number of halogens is 1. The maximum atomic E-state index is 12.8. The van der Waals surface area contributed by atoms with Gasteiger partial charge in [0.05, 0.1) is 16.7 Å². The molecule has 2 aliphatic carbocycles. The number of Topliss-reactive ketones (excluding diaryl/α,β-unsaturated/α-hetero) is 2. The van der Waals surface area contributed by atoms with E-state index in [-0.39, 0.29) is 40.6 Å². The number of methoxy groups -OCH3 is 1. The highest BCUT2D eigenvalue weighted by Crippen LogP contribution is 2.62. The van der Waals surface area contributed by atoms with Crippen LogP contribution in [0.4, 0.5) is 0 Å². The van der Waals surface area contributed by atoms with Crippen LogP contribution in [-0.2, 0) is 21.0 Å². The van der Waals surface area contributed by atoms with E-state index in [1.807, 2.05) is 0 Å². The average molecular weight is 431 g/mol. The molecule has 2 aromatic carbocycles. The summed E-state index contributed by atoms with van der Waals surface area (Å²) in [5.74, 6) is -4.31. The maximum absolute atomic E-state index is 12.8. The Labute approximate surface area is 174 Å². The van der Waals surface area contributed by atoms with Gasteiger partial charge in [0.15, 0.2) is 11.6 Å². The molecular weight excluding hydrogens is 416 g/mol. The van der Waals surface area contributed by atoms with Gasteiger partial charge in [0.1, 0.15) is 34.8 Å². The largest absolute Gasteiger partial charge is 0.507 e. The van der Waals surface area contributed by atoms with Crippen molar-refractivity contribution < 1.29 is 38.7 Å². The molecule has 6 rings (SSSR count). The number of phenols is 1. The molecule has 0 saturated heterocycles. The highest BCUT2D eigenvalue weighted by Gasteiger charge is 2.70. The number of hydrogen-bond donors (Lipinski definition) is 2. The van der Waals surface area contributed by atoms with Gasteiger partial charge in [-0.2, -0.15) is 0 Å². The molecule has 2 aliphatic heterocycles. The Bertz CT molecular complexity index is 1160. The lowest BCUT2D eigenvalue weighted by Crippen LogP contribution is -2.69. The highest BCUT2D eigenvalue weighted by molar-refractivity contribution is 6.35. The molecule has 2 heterocycles. The summed E-state index contributed by atoms with van der Waals surface area (Å²) in [5, 5.41) is 20.0. The normalized spacial score (nSPS) is 35.1. The Morgan fingerprint density at radius 2 is 1.83 bits per heavy atom. The van der Waals surface area contributed by atoms with Gasteiger partial charge in [-0.05, 0) is 18.2 Å². The van der Waals surface area contributed by atoms with Crippen LogP contribution in [0.3, 0.4) is 0 Å². The van der Waals surface area contributed by atoms with Crippen LogP contribution in [0.2, 0.25) is 0 Å². The molecule has 8 nitrogen and oxygen atoms in total. The minimum Gasteiger partial charge on any atom is -0.507 e. The number of carbonyl (C=O) groups is 2. The van der Waals surface area contributed by atoms with Gasteiger partial charge in [-0.3, -0.25) is 14.3 Å². The summed E-state index contributed by atoms with van der Waals surface area (Å²) in [6.45, 7) is 0. The Hall–Kier alpha value is -2.65. The zero-order valence-electron chi connectivity index (χ0n) is 15.5. The number of aliphatic hydroxyl groups is 1. The molecule has 0 aromatic heterocycles. The first kappa shape index (κ1) is 18.1. The van der Waals surface area contributed by atoms with Gasteiger partial charge >= 0.3 is 0 Å². The molecule has 0 amide bonds. The van der Waals surface area contributed by atoms with E-state index >= 15 is 0 Å². The lowest BCUT2D eigenvalue weighted by atomic mass is 9.76. The zero-order chi connectivity index (χ0) is 21.0. The third-order valence-corrected chi connectivity index (χ3v) is 6.67. The second-order valence-corrected chi connectivity index (χ2v) is 8.19. The van der Waals surface area contributed by atoms with Crippen LogP contribution in [-0.4, -0.2) is 46.5 Å². The van der Waals surface area contributed by atoms with Crippen LogP contribution in [0, 0.1) is 0 Å². The molecule has 0 radical (unpaired) electrons. The second-order valence-electron chi connectivity index (χ2n) is 7.72. The minimum absolute atomic E-state index is 0.0252. The monoisotopic (exact) mass is 430 g/mol. The van der Waals surface area contributed by atoms with E-state index in [1.165, 1.54) is 19.2 Å². The van der Waals surface area contributed by atoms with Gasteiger partial charge in [-0.1, -0.05) is 12.1 Å². The van der Waals surface area contributed by atoms with Crippen molar-refractivity contribution >= 4 is 23.2 Å². The molecule has 2 N–H and O–H groups in total. The number of aromatic hydroxyl groups is 1. The number of rotatable bonds is 1. The molecule has 2 bridgehead atoms. The summed E-state index contributed by atoms with van der Waals surface area (Å²) in [6.07, 6.45) is -2.50. The smallest absolute Gasteiger partial charge is 0.273 e. The van der Waals surface area contributed by atoms with E-state index in [1.54, 1.807) is 18.2 Å². The molecular formula is C21H15ClO8. The number of benzene rings is 2. The fraction of sp³-hybridized carbons (Fsp3) is 0.333. The van der Waals surface area contributed by atoms with Crippen molar-refractivity contribution in [1.82, 2.24) is 0 Å². The summed E-state index contributed by atoms with van der Waals surface area (Å²) < 4.78 is 24.4. The lowest BCUT2D eigenvalue weighted by Gasteiger charge is -2.58. The maximum Gasteiger partial charge on any atom is 0.273 e. The number of carbonyl (C=O) groups excluding carboxylic acids is 2. The average Bonchev–Trinajstić information content (AvgIpc) is 2.74. The van der Waals surface area contributed by atoms with Crippen LogP contribution in [0.25, 0.3) is 0 Å². The van der Waals surface area contributed by atoms with Crippen LogP contribution in [0.5, 0.6) is 17.2 Å². The van der Waals surface area contributed by atoms with E-state index in [9.17, 15) is 19.8 Å². The van der Waals surface area contributed by atoms with Crippen molar-refractivity contribution in [2.24, 2.45) is 0 Å². The zero-order valence-corrected chi connectivity index (χ0v) is 16.3. The van der Waals surface area contributed by atoms with Gasteiger partial charge in [0.2, 0.25) is 0 Å². The van der Waals surface area contributed by atoms with Crippen molar-refractivity contribution in [3.63, 3.8) is 0 Å². The predicted octanol–water partition coefficient (Wildman–Crippen LogP) is 1.97. The first-order valence-corrected chi connectivity index (χ1v) is 9.78. The second kappa shape index (κ2) is 5.53. The number of alkyl halides is 1. The van der Waals surface area contributed by atoms with Crippen molar-refractivity contribution in [3.05, 3.63) is 52.6 Å². The molecule has 0 fully saturated rings. The summed E-state index contributed by atoms with van der Waals surface area (Å²) >= 11 is 6.26. The molecule has 30 heavy (non-hydrogen) atoms. The predicted molar refractivity (Wildman–Crippen MR) is 100.0 cm³/mol. The quantitative estimate of drug-likeness (QED) is 0.660. The number of ketones is 2.